The minimum Gasteiger partial charge on any atom is -0.480 e. The zero-order chi connectivity index (χ0) is 21.1. The number of alkyl halides is 3. The second-order valence-corrected chi connectivity index (χ2v) is 6.58. The Hall–Kier alpha value is -2.24. The molecule has 1 aliphatic heterocycles. The first-order valence-corrected chi connectivity index (χ1v) is 8.68. The van der Waals surface area contributed by atoms with Gasteiger partial charge in [-0.1, -0.05) is 6.92 Å². The van der Waals surface area contributed by atoms with Crippen LogP contribution >= 0.6 is 0 Å². The molecular formula is C17H22F4N4O3. The molecule has 2 rings (SSSR count). The monoisotopic (exact) mass is 406 g/mol. The lowest BCUT2D eigenvalue weighted by atomic mass is 9.92. The first-order chi connectivity index (χ1) is 13.0. The molecule has 1 heterocycles. The van der Waals surface area contributed by atoms with E-state index in [1.165, 1.54) is 11.1 Å². The van der Waals surface area contributed by atoms with E-state index in [2.05, 4.69) is 10.7 Å². The van der Waals surface area contributed by atoms with Crippen molar-refractivity contribution < 1.29 is 32.3 Å². The van der Waals surface area contributed by atoms with E-state index in [9.17, 15) is 27.2 Å². The number of carboxylic acids is 1. The number of nitrogens with one attached hydrogen (secondary N) is 2. The van der Waals surface area contributed by atoms with Crippen LogP contribution in [0, 0.1) is 11.7 Å². The number of hydrogen-bond donors (Lipinski definition) is 4. The first kappa shape index (κ1) is 22.1. The van der Waals surface area contributed by atoms with Gasteiger partial charge in [-0.3, -0.25) is 15.0 Å². The SMILES string of the molecule is CCCN1NCC(C(F)(F)F)C1c1cc(F)cc(C(=O)NC[C@@H](N)C(=O)O)c1. The van der Waals surface area contributed by atoms with Crippen molar-refractivity contribution in [1.82, 2.24) is 15.8 Å². The third kappa shape index (κ3) is 5.18. The van der Waals surface area contributed by atoms with E-state index >= 15 is 0 Å². The highest BCUT2D eigenvalue weighted by Gasteiger charge is 2.50. The second-order valence-electron chi connectivity index (χ2n) is 6.58. The van der Waals surface area contributed by atoms with Crippen LogP contribution in [0.15, 0.2) is 18.2 Å². The van der Waals surface area contributed by atoms with Crippen LogP contribution in [0.5, 0.6) is 0 Å². The van der Waals surface area contributed by atoms with Gasteiger partial charge in [-0.25, -0.2) is 9.40 Å². The number of benzene rings is 1. The fraction of sp³-hybridized carbons (Fsp3) is 0.529. The van der Waals surface area contributed by atoms with E-state index in [4.69, 9.17) is 10.8 Å². The first-order valence-electron chi connectivity index (χ1n) is 8.68. The topological polar surface area (TPSA) is 108 Å². The van der Waals surface area contributed by atoms with E-state index in [1.54, 1.807) is 6.92 Å². The average molecular weight is 406 g/mol. The Kier molecular flexibility index (Phi) is 6.96. The molecule has 0 radical (unpaired) electrons. The van der Waals surface area contributed by atoms with Crippen molar-refractivity contribution in [2.24, 2.45) is 11.7 Å². The van der Waals surface area contributed by atoms with E-state index in [-0.39, 0.29) is 17.7 Å². The molecule has 1 aliphatic rings. The van der Waals surface area contributed by atoms with Gasteiger partial charge in [-0.2, -0.15) is 13.2 Å². The van der Waals surface area contributed by atoms with Crippen LogP contribution in [0.2, 0.25) is 0 Å². The van der Waals surface area contributed by atoms with Gasteiger partial charge in [-0.15, -0.1) is 0 Å². The maximum Gasteiger partial charge on any atom is 0.394 e. The van der Waals surface area contributed by atoms with Gasteiger partial charge in [0.15, 0.2) is 0 Å². The third-order valence-corrected chi connectivity index (χ3v) is 4.44. The molecule has 0 aromatic heterocycles. The Morgan fingerprint density at radius 2 is 2.07 bits per heavy atom. The van der Waals surface area contributed by atoms with E-state index in [1.807, 2.05) is 0 Å². The zero-order valence-electron chi connectivity index (χ0n) is 15.1. The molecule has 156 valence electrons. The molecule has 28 heavy (non-hydrogen) atoms. The largest absolute Gasteiger partial charge is 0.480 e. The lowest BCUT2D eigenvalue weighted by Crippen LogP contribution is -2.42. The van der Waals surface area contributed by atoms with Gasteiger partial charge < -0.3 is 16.2 Å². The predicted octanol–water partition coefficient (Wildman–Crippen LogP) is 1.42. The highest BCUT2D eigenvalue weighted by atomic mass is 19.4. The fourth-order valence-corrected chi connectivity index (χ4v) is 3.12. The highest BCUT2D eigenvalue weighted by Crippen LogP contribution is 2.42. The molecule has 1 amide bonds. The maximum atomic E-state index is 14.1. The molecule has 1 aromatic carbocycles. The molecule has 0 bridgehead atoms. The van der Waals surface area contributed by atoms with Crippen LogP contribution in [0.3, 0.4) is 0 Å². The number of carbonyl (C=O) groups is 2. The summed E-state index contributed by atoms with van der Waals surface area (Å²) in [5.74, 6) is -4.79. The molecule has 7 nitrogen and oxygen atoms in total. The van der Waals surface area contributed by atoms with E-state index in [0.717, 1.165) is 12.1 Å². The Morgan fingerprint density at radius 1 is 1.39 bits per heavy atom. The number of carbonyl (C=O) groups excluding carboxylic acids is 1. The molecule has 3 atom stereocenters. The maximum absolute atomic E-state index is 14.1. The summed E-state index contributed by atoms with van der Waals surface area (Å²) in [6.07, 6.45) is -3.94. The summed E-state index contributed by atoms with van der Waals surface area (Å²) in [7, 11) is 0. The third-order valence-electron chi connectivity index (χ3n) is 4.44. The molecule has 0 saturated carbocycles. The van der Waals surface area contributed by atoms with Crippen molar-refractivity contribution in [2.75, 3.05) is 19.6 Å². The minimum atomic E-state index is -4.51. The van der Waals surface area contributed by atoms with Crippen molar-refractivity contribution in [3.05, 3.63) is 35.1 Å². The number of halogens is 4. The van der Waals surface area contributed by atoms with Gasteiger partial charge in [-0.05, 0) is 30.2 Å². The number of amides is 1. The summed E-state index contributed by atoms with van der Waals surface area (Å²) in [4.78, 5) is 22.9. The molecule has 11 heteroatoms. The number of hydrazine groups is 1. The van der Waals surface area contributed by atoms with Gasteiger partial charge in [0, 0.05) is 25.2 Å². The van der Waals surface area contributed by atoms with Crippen LogP contribution < -0.4 is 16.5 Å². The lowest BCUT2D eigenvalue weighted by Gasteiger charge is -2.28. The predicted molar refractivity (Wildman–Crippen MR) is 91.6 cm³/mol. The van der Waals surface area contributed by atoms with Crippen molar-refractivity contribution in [3.8, 4) is 0 Å². The molecule has 1 fully saturated rings. The summed E-state index contributed by atoms with van der Waals surface area (Å²) in [5, 5.41) is 12.4. The molecular weight excluding hydrogens is 384 g/mol. The smallest absolute Gasteiger partial charge is 0.394 e. The quantitative estimate of drug-likeness (QED) is 0.510. The molecule has 5 N–H and O–H groups in total. The van der Waals surface area contributed by atoms with Crippen molar-refractivity contribution >= 4 is 11.9 Å². The number of rotatable bonds is 7. The number of carboxylic acid groups (broad SMARTS) is 1. The lowest BCUT2D eigenvalue weighted by molar-refractivity contribution is -0.177. The van der Waals surface area contributed by atoms with Gasteiger partial charge >= 0.3 is 12.1 Å². The summed E-state index contributed by atoms with van der Waals surface area (Å²) in [5.41, 5.74) is 7.78. The molecule has 0 aliphatic carbocycles. The molecule has 1 saturated heterocycles. The number of aliphatic carboxylic acids is 1. The Balaban J connectivity index is 2.31. The number of nitrogens with two attached hydrogens (primary N) is 1. The van der Waals surface area contributed by atoms with Crippen LogP contribution in [0.4, 0.5) is 17.6 Å². The van der Waals surface area contributed by atoms with Crippen LogP contribution in [-0.4, -0.2) is 53.8 Å². The molecule has 1 aromatic rings. The van der Waals surface area contributed by atoms with Crippen LogP contribution in [0.1, 0.15) is 35.3 Å². The normalized spacial score (nSPS) is 21.5. The number of hydrogen-bond acceptors (Lipinski definition) is 5. The summed E-state index contributed by atoms with van der Waals surface area (Å²) < 4.78 is 54.4. The molecule has 0 spiro atoms. The van der Waals surface area contributed by atoms with Crippen LogP contribution in [0.25, 0.3) is 0 Å². The van der Waals surface area contributed by atoms with Gasteiger partial charge in [0.05, 0.1) is 12.0 Å². The van der Waals surface area contributed by atoms with Gasteiger partial charge in [0.1, 0.15) is 11.9 Å². The van der Waals surface area contributed by atoms with Gasteiger partial charge in [0.25, 0.3) is 5.91 Å². The van der Waals surface area contributed by atoms with Gasteiger partial charge in [0.2, 0.25) is 0 Å². The molecule has 2 unspecified atom stereocenters. The fourth-order valence-electron chi connectivity index (χ4n) is 3.12. The van der Waals surface area contributed by atoms with Crippen molar-refractivity contribution in [2.45, 2.75) is 31.6 Å². The Bertz CT molecular complexity index is 729. The van der Waals surface area contributed by atoms with Crippen molar-refractivity contribution in [3.63, 3.8) is 0 Å². The standard InChI is InChI=1S/C17H22F4N4O3/c1-2-3-25-14(12(7-24-25)17(19,20)21)9-4-10(6-11(18)5-9)15(26)23-8-13(22)16(27)28/h4-6,12-14,24H,2-3,7-8,22H2,1H3,(H,23,26)(H,27,28)/t12?,13-,14?/m1/s1. The summed E-state index contributed by atoms with van der Waals surface area (Å²) in [6, 6.07) is 0.484. The average Bonchev–Trinajstić information content (AvgIpc) is 3.03. The zero-order valence-corrected chi connectivity index (χ0v) is 15.1. The highest BCUT2D eigenvalue weighted by molar-refractivity contribution is 5.94. The van der Waals surface area contributed by atoms with Crippen LogP contribution in [-0.2, 0) is 4.79 Å². The number of nitrogens with zero attached hydrogens (tertiary/aromatic N) is 1. The van der Waals surface area contributed by atoms with E-state index in [0.29, 0.717) is 13.0 Å². The minimum absolute atomic E-state index is 0.00783. The Morgan fingerprint density at radius 3 is 2.64 bits per heavy atom. The second kappa shape index (κ2) is 8.84. The Labute approximate surface area is 158 Å². The summed E-state index contributed by atoms with van der Waals surface area (Å²) >= 11 is 0. The van der Waals surface area contributed by atoms with Crippen molar-refractivity contribution in [1.29, 1.82) is 0 Å². The van der Waals surface area contributed by atoms with E-state index < -0.39 is 48.4 Å². The summed E-state index contributed by atoms with van der Waals surface area (Å²) in [6.45, 7) is 1.36.